The minimum atomic E-state index is 0.143. The zero-order valence-corrected chi connectivity index (χ0v) is 13.9. The van der Waals surface area contributed by atoms with Crippen LogP contribution in [0.4, 0.5) is 0 Å². The van der Waals surface area contributed by atoms with Gasteiger partial charge in [-0.2, -0.15) is 0 Å². The van der Waals surface area contributed by atoms with Crippen molar-refractivity contribution in [2.75, 3.05) is 20.2 Å². The van der Waals surface area contributed by atoms with Gasteiger partial charge in [-0.3, -0.25) is 4.90 Å². The van der Waals surface area contributed by atoms with E-state index in [1.807, 2.05) is 7.11 Å². The van der Waals surface area contributed by atoms with Crippen LogP contribution >= 0.6 is 11.3 Å². The lowest BCUT2D eigenvalue weighted by Crippen LogP contribution is -2.38. The summed E-state index contributed by atoms with van der Waals surface area (Å²) in [4.78, 5) is 7.18. The molecule has 20 heavy (non-hydrogen) atoms. The van der Waals surface area contributed by atoms with Gasteiger partial charge in [0.1, 0.15) is 5.01 Å². The molecule has 0 bridgehead atoms. The van der Waals surface area contributed by atoms with Crippen LogP contribution in [0, 0.1) is 0 Å². The second kappa shape index (κ2) is 6.98. The van der Waals surface area contributed by atoms with E-state index in [0.29, 0.717) is 6.10 Å². The van der Waals surface area contributed by atoms with Crippen molar-refractivity contribution in [3.8, 4) is 0 Å². The molecule has 0 radical (unpaired) electrons. The Morgan fingerprint density at radius 2 is 2.30 bits per heavy atom. The van der Waals surface area contributed by atoms with Crippen LogP contribution in [0.3, 0.4) is 0 Å². The lowest BCUT2D eigenvalue weighted by molar-refractivity contribution is 0.0282. The van der Waals surface area contributed by atoms with E-state index < -0.39 is 0 Å². The number of hydrogen-bond donors (Lipinski definition) is 1. The highest BCUT2D eigenvalue weighted by molar-refractivity contribution is 7.09. The Morgan fingerprint density at radius 3 is 3.00 bits per heavy atom. The Kier molecular flexibility index (Phi) is 5.55. The van der Waals surface area contributed by atoms with E-state index in [-0.39, 0.29) is 5.54 Å². The fraction of sp³-hybridized carbons (Fsp3) is 0.800. The molecule has 2 rings (SSSR count). The molecule has 1 aromatic rings. The van der Waals surface area contributed by atoms with Gasteiger partial charge in [0, 0.05) is 37.7 Å². The second-order valence-corrected chi connectivity index (χ2v) is 7.51. The van der Waals surface area contributed by atoms with Gasteiger partial charge in [0.05, 0.1) is 11.8 Å². The Labute approximate surface area is 126 Å². The van der Waals surface area contributed by atoms with E-state index in [1.165, 1.54) is 23.5 Å². The maximum absolute atomic E-state index is 5.47. The summed E-state index contributed by atoms with van der Waals surface area (Å²) >= 11 is 1.75. The number of ether oxygens (including phenoxy) is 1. The highest BCUT2D eigenvalue weighted by Crippen LogP contribution is 2.17. The van der Waals surface area contributed by atoms with Crippen LogP contribution in [0.5, 0.6) is 0 Å². The van der Waals surface area contributed by atoms with Gasteiger partial charge >= 0.3 is 0 Å². The van der Waals surface area contributed by atoms with Gasteiger partial charge in [-0.15, -0.1) is 11.3 Å². The molecule has 2 heterocycles. The predicted octanol–water partition coefficient (Wildman–Crippen LogP) is 2.64. The lowest BCUT2D eigenvalue weighted by atomic mass is 10.1. The molecular weight excluding hydrogens is 270 g/mol. The molecule has 1 aliphatic rings. The molecule has 1 unspecified atom stereocenters. The summed E-state index contributed by atoms with van der Waals surface area (Å²) in [6.07, 6.45) is 2.80. The first kappa shape index (κ1) is 15.9. The number of methoxy groups -OCH3 is 1. The minimum Gasteiger partial charge on any atom is -0.380 e. The molecule has 0 aromatic carbocycles. The van der Waals surface area contributed by atoms with Crippen molar-refractivity contribution >= 4 is 11.3 Å². The van der Waals surface area contributed by atoms with E-state index in [4.69, 9.17) is 9.72 Å². The van der Waals surface area contributed by atoms with Gasteiger partial charge in [-0.1, -0.05) is 0 Å². The van der Waals surface area contributed by atoms with Gasteiger partial charge in [0.25, 0.3) is 0 Å². The zero-order chi connectivity index (χ0) is 14.6. The summed E-state index contributed by atoms with van der Waals surface area (Å²) in [6.45, 7) is 10.5. The first-order chi connectivity index (χ1) is 9.46. The molecule has 1 N–H and O–H groups in total. The Bertz CT molecular complexity index is 413. The van der Waals surface area contributed by atoms with Gasteiger partial charge in [-0.25, -0.2) is 4.98 Å². The van der Waals surface area contributed by atoms with Crippen molar-refractivity contribution in [1.82, 2.24) is 15.2 Å². The molecule has 0 spiro atoms. The Hall–Kier alpha value is -0.490. The maximum Gasteiger partial charge on any atom is 0.107 e. The van der Waals surface area contributed by atoms with Gasteiger partial charge in [0.15, 0.2) is 0 Å². The molecule has 0 aliphatic carbocycles. The van der Waals surface area contributed by atoms with Gasteiger partial charge < -0.3 is 10.1 Å². The number of hydrogen-bond acceptors (Lipinski definition) is 5. The van der Waals surface area contributed by atoms with Crippen LogP contribution in [0.25, 0.3) is 0 Å². The largest absolute Gasteiger partial charge is 0.380 e. The summed E-state index contributed by atoms with van der Waals surface area (Å²) in [5.41, 5.74) is 1.34. The number of nitrogens with one attached hydrogen (secondary N) is 1. The Balaban J connectivity index is 1.83. The molecule has 1 aromatic heterocycles. The fourth-order valence-corrected chi connectivity index (χ4v) is 3.15. The molecule has 1 fully saturated rings. The normalized spacial score (nSPS) is 21.3. The van der Waals surface area contributed by atoms with Crippen molar-refractivity contribution in [2.24, 2.45) is 0 Å². The maximum atomic E-state index is 5.47. The molecule has 0 saturated carbocycles. The summed E-state index contributed by atoms with van der Waals surface area (Å²) in [5.74, 6) is 0. The average molecular weight is 297 g/mol. The number of nitrogens with zero attached hydrogens (tertiary/aromatic N) is 2. The molecule has 0 amide bonds. The molecule has 1 aliphatic heterocycles. The SMILES string of the molecule is COC1CCCN(Cc2csc(CNC(C)(C)C)n2)C1. The smallest absolute Gasteiger partial charge is 0.107 e. The second-order valence-electron chi connectivity index (χ2n) is 6.57. The molecule has 1 atom stereocenters. The van der Waals surface area contributed by atoms with E-state index in [2.05, 4.69) is 36.4 Å². The minimum absolute atomic E-state index is 0.143. The van der Waals surface area contributed by atoms with Crippen LogP contribution in [-0.4, -0.2) is 41.7 Å². The van der Waals surface area contributed by atoms with Crippen molar-refractivity contribution in [1.29, 1.82) is 0 Å². The molecule has 4 nitrogen and oxygen atoms in total. The Morgan fingerprint density at radius 1 is 1.50 bits per heavy atom. The third-order valence-electron chi connectivity index (χ3n) is 3.55. The van der Waals surface area contributed by atoms with Crippen LogP contribution in [0.2, 0.25) is 0 Å². The number of thiazole rings is 1. The number of aromatic nitrogens is 1. The summed E-state index contributed by atoms with van der Waals surface area (Å²) in [5, 5.41) is 6.85. The van der Waals surface area contributed by atoms with Crippen LogP contribution in [0.15, 0.2) is 5.38 Å². The first-order valence-electron chi connectivity index (χ1n) is 7.40. The highest BCUT2D eigenvalue weighted by Gasteiger charge is 2.20. The predicted molar refractivity (Wildman–Crippen MR) is 84.0 cm³/mol. The van der Waals surface area contributed by atoms with E-state index in [1.54, 1.807) is 11.3 Å². The lowest BCUT2D eigenvalue weighted by Gasteiger charge is -2.31. The first-order valence-corrected chi connectivity index (χ1v) is 8.28. The third kappa shape index (κ3) is 5.13. The van der Waals surface area contributed by atoms with Crippen LogP contribution < -0.4 is 5.32 Å². The van der Waals surface area contributed by atoms with E-state index >= 15 is 0 Å². The fourth-order valence-electron chi connectivity index (χ4n) is 2.42. The van der Waals surface area contributed by atoms with Crippen molar-refractivity contribution in [2.45, 2.75) is 58.3 Å². The number of rotatable bonds is 5. The highest BCUT2D eigenvalue weighted by atomic mass is 32.1. The molecule has 114 valence electrons. The topological polar surface area (TPSA) is 37.4 Å². The molecule has 5 heteroatoms. The van der Waals surface area contributed by atoms with Crippen molar-refractivity contribution < 1.29 is 4.74 Å². The van der Waals surface area contributed by atoms with E-state index in [0.717, 1.165) is 26.2 Å². The van der Waals surface area contributed by atoms with Crippen LogP contribution in [-0.2, 0) is 17.8 Å². The monoisotopic (exact) mass is 297 g/mol. The number of piperidine rings is 1. The molecule has 1 saturated heterocycles. The van der Waals surface area contributed by atoms with Gasteiger partial charge in [-0.05, 0) is 40.2 Å². The quantitative estimate of drug-likeness (QED) is 0.906. The van der Waals surface area contributed by atoms with E-state index in [9.17, 15) is 0 Å². The standard InChI is InChI=1S/C15H27N3OS/c1-15(2,3)16-8-14-17-12(11-20-14)9-18-7-5-6-13(10-18)19-4/h11,13,16H,5-10H2,1-4H3. The van der Waals surface area contributed by atoms with Crippen LogP contribution in [0.1, 0.15) is 44.3 Å². The van der Waals surface area contributed by atoms with Crippen molar-refractivity contribution in [3.05, 3.63) is 16.1 Å². The summed E-state index contributed by atoms with van der Waals surface area (Å²) < 4.78 is 5.47. The van der Waals surface area contributed by atoms with Gasteiger partial charge in [0.2, 0.25) is 0 Å². The summed E-state index contributed by atoms with van der Waals surface area (Å²) in [7, 11) is 1.81. The molecular formula is C15H27N3OS. The zero-order valence-electron chi connectivity index (χ0n) is 13.1. The summed E-state index contributed by atoms with van der Waals surface area (Å²) in [6, 6.07) is 0. The number of likely N-dealkylation sites (tertiary alicyclic amines) is 1. The average Bonchev–Trinajstić information content (AvgIpc) is 2.83. The van der Waals surface area contributed by atoms with Crippen molar-refractivity contribution in [3.63, 3.8) is 0 Å². The third-order valence-corrected chi connectivity index (χ3v) is 4.45.